The molecule has 2 heteroatoms. The molecule has 0 fully saturated rings. The zero-order valence-electron chi connectivity index (χ0n) is 10.1. The molecule has 0 aliphatic heterocycles. The largest absolute Gasteiger partial charge is 0.123 e. The van der Waals surface area contributed by atoms with E-state index < -0.39 is 0 Å². The number of rotatable bonds is 8. The summed E-state index contributed by atoms with van der Waals surface area (Å²) in [5, 5.41) is 0. The predicted octanol–water partition coefficient (Wildman–Crippen LogP) is 5.30. The third kappa shape index (κ3) is 6.83. The van der Waals surface area contributed by atoms with Crippen LogP contribution in [0.5, 0.6) is 0 Å². The lowest BCUT2D eigenvalue weighted by Crippen LogP contribution is -1.83. The number of allylic oxidation sites excluding steroid dienone is 1. The Morgan fingerprint density at radius 1 is 0.929 bits per heavy atom. The summed E-state index contributed by atoms with van der Waals surface area (Å²) in [4.78, 5) is 0. The van der Waals surface area contributed by atoms with Gasteiger partial charge in [0.05, 0.1) is 0 Å². The van der Waals surface area contributed by atoms with Crippen molar-refractivity contribution in [1.29, 1.82) is 0 Å². The summed E-state index contributed by atoms with van der Waals surface area (Å²) in [7, 11) is 0. The van der Waals surface area contributed by atoms with Gasteiger partial charge in [0.25, 0.3) is 0 Å². The van der Waals surface area contributed by atoms with E-state index >= 15 is 0 Å². The number of thioether (sulfide) groups is 2. The highest BCUT2D eigenvalue weighted by Gasteiger charge is 1.99. The van der Waals surface area contributed by atoms with Crippen molar-refractivity contribution in [2.45, 2.75) is 52.4 Å². The van der Waals surface area contributed by atoms with Gasteiger partial charge >= 0.3 is 0 Å². The minimum Gasteiger partial charge on any atom is -0.123 e. The molecule has 0 atom stereocenters. The molecular formula is C12H24S2. The SMILES string of the molecule is CCCCCCCC(C)=C(SC)SC. The van der Waals surface area contributed by atoms with Crippen molar-refractivity contribution >= 4 is 23.5 Å². The minimum atomic E-state index is 1.29. The van der Waals surface area contributed by atoms with Gasteiger partial charge in [0.1, 0.15) is 0 Å². The Morgan fingerprint density at radius 2 is 1.50 bits per heavy atom. The molecular weight excluding hydrogens is 208 g/mol. The standard InChI is InChI=1S/C12H24S2/c1-5-6-7-8-9-10-11(2)12(13-3)14-4/h5-10H2,1-4H3. The molecule has 14 heavy (non-hydrogen) atoms. The summed E-state index contributed by atoms with van der Waals surface area (Å²) in [5.74, 6) is 0. The summed E-state index contributed by atoms with van der Waals surface area (Å²) < 4.78 is 1.51. The van der Waals surface area contributed by atoms with Crippen LogP contribution in [0.2, 0.25) is 0 Å². The van der Waals surface area contributed by atoms with Gasteiger partial charge in [-0.3, -0.25) is 0 Å². The highest BCUT2D eigenvalue weighted by molar-refractivity contribution is 8.21. The third-order valence-corrected chi connectivity index (χ3v) is 4.81. The Labute approximate surface area is 98.3 Å². The summed E-state index contributed by atoms with van der Waals surface area (Å²) in [6.07, 6.45) is 12.6. The monoisotopic (exact) mass is 232 g/mol. The normalized spacial score (nSPS) is 10.3. The van der Waals surface area contributed by atoms with Gasteiger partial charge in [-0.05, 0) is 32.3 Å². The summed E-state index contributed by atoms with van der Waals surface area (Å²) in [5.41, 5.74) is 1.58. The van der Waals surface area contributed by atoms with E-state index in [-0.39, 0.29) is 0 Å². The maximum absolute atomic E-state index is 2.28. The average molecular weight is 232 g/mol. The Balaban J connectivity index is 3.61. The molecule has 0 aliphatic carbocycles. The lowest BCUT2D eigenvalue weighted by molar-refractivity contribution is 0.631. The van der Waals surface area contributed by atoms with Crippen LogP contribution in [0.1, 0.15) is 52.4 Å². The molecule has 0 N–H and O–H groups in total. The van der Waals surface area contributed by atoms with Crippen molar-refractivity contribution in [3.63, 3.8) is 0 Å². The van der Waals surface area contributed by atoms with Crippen LogP contribution in [0.4, 0.5) is 0 Å². The van der Waals surface area contributed by atoms with Gasteiger partial charge in [0.15, 0.2) is 0 Å². The topological polar surface area (TPSA) is 0 Å². The lowest BCUT2D eigenvalue weighted by Gasteiger charge is -2.06. The third-order valence-electron chi connectivity index (χ3n) is 2.37. The molecule has 0 radical (unpaired) electrons. The molecule has 0 aromatic rings. The van der Waals surface area contributed by atoms with Crippen molar-refractivity contribution < 1.29 is 0 Å². The van der Waals surface area contributed by atoms with Crippen molar-refractivity contribution in [3.05, 3.63) is 9.81 Å². The highest BCUT2D eigenvalue weighted by atomic mass is 32.2. The number of hydrogen-bond donors (Lipinski definition) is 0. The van der Waals surface area contributed by atoms with Crippen LogP contribution in [0.15, 0.2) is 9.81 Å². The van der Waals surface area contributed by atoms with Gasteiger partial charge < -0.3 is 0 Å². The fourth-order valence-electron chi connectivity index (χ4n) is 1.53. The van der Waals surface area contributed by atoms with Gasteiger partial charge in [-0.25, -0.2) is 0 Å². The molecule has 0 aromatic heterocycles. The zero-order valence-corrected chi connectivity index (χ0v) is 11.7. The molecule has 0 saturated carbocycles. The predicted molar refractivity (Wildman–Crippen MR) is 73.1 cm³/mol. The Kier molecular flexibility index (Phi) is 10.3. The van der Waals surface area contributed by atoms with E-state index in [1.807, 2.05) is 23.5 Å². The second kappa shape index (κ2) is 9.97. The highest BCUT2D eigenvalue weighted by Crippen LogP contribution is 2.29. The minimum absolute atomic E-state index is 1.29. The van der Waals surface area contributed by atoms with Gasteiger partial charge in [0.2, 0.25) is 0 Å². The van der Waals surface area contributed by atoms with Gasteiger partial charge in [0, 0.05) is 4.24 Å². The zero-order chi connectivity index (χ0) is 10.8. The first-order valence-electron chi connectivity index (χ1n) is 5.54. The van der Waals surface area contributed by atoms with Crippen molar-refractivity contribution in [2.75, 3.05) is 12.5 Å². The Bertz CT molecular complexity index is 156. The van der Waals surface area contributed by atoms with Crippen LogP contribution >= 0.6 is 23.5 Å². The fourth-order valence-corrected chi connectivity index (χ4v) is 3.10. The first-order chi connectivity index (χ1) is 6.76. The second-order valence-corrected chi connectivity index (χ2v) is 5.53. The van der Waals surface area contributed by atoms with Crippen LogP contribution in [-0.4, -0.2) is 12.5 Å². The van der Waals surface area contributed by atoms with E-state index in [0.717, 1.165) is 0 Å². The van der Waals surface area contributed by atoms with E-state index in [9.17, 15) is 0 Å². The molecule has 0 nitrogen and oxygen atoms in total. The molecule has 0 aliphatic rings. The van der Waals surface area contributed by atoms with Gasteiger partial charge in [-0.2, -0.15) is 0 Å². The van der Waals surface area contributed by atoms with Crippen LogP contribution < -0.4 is 0 Å². The summed E-state index contributed by atoms with van der Waals surface area (Å²) >= 11 is 3.78. The Hall–Kier alpha value is 0.440. The number of hydrogen-bond acceptors (Lipinski definition) is 2. The van der Waals surface area contributed by atoms with Crippen molar-refractivity contribution in [2.24, 2.45) is 0 Å². The summed E-state index contributed by atoms with van der Waals surface area (Å²) in [6.45, 7) is 4.55. The molecule has 0 saturated heterocycles. The molecule has 0 heterocycles. The van der Waals surface area contributed by atoms with E-state index in [1.165, 1.54) is 42.8 Å². The van der Waals surface area contributed by atoms with Crippen LogP contribution in [0.3, 0.4) is 0 Å². The maximum atomic E-state index is 2.28. The number of unbranched alkanes of at least 4 members (excludes halogenated alkanes) is 4. The molecule has 84 valence electrons. The molecule has 0 rings (SSSR count). The van der Waals surface area contributed by atoms with Crippen molar-refractivity contribution in [1.82, 2.24) is 0 Å². The summed E-state index contributed by atoms with van der Waals surface area (Å²) in [6, 6.07) is 0. The fraction of sp³-hybridized carbons (Fsp3) is 0.833. The second-order valence-electron chi connectivity index (χ2n) is 3.64. The average Bonchev–Trinajstić information content (AvgIpc) is 2.19. The molecule has 0 spiro atoms. The Morgan fingerprint density at radius 3 is 2.00 bits per heavy atom. The van der Waals surface area contributed by atoms with Crippen molar-refractivity contribution in [3.8, 4) is 0 Å². The van der Waals surface area contributed by atoms with E-state index in [0.29, 0.717) is 0 Å². The molecule has 0 amide bonds. The van der Waals surface area contributed by atoms with Gasteiger partial charge in [-0.15, -0.1) is 23.5 Å². The smallest absolute Gasteiger partial charge is 0.0384 e. The van der Waals surface area contributed by atoms with E-state index in [2.05, 4.69) is 26.4 Å². The molecule has 0 bridgehead atoms. The van der Waals surface area contributed by atoms with Crippen LogP contribution in [-0.2, 0) is 0 Å². The quantitative estimate of drug-likeness (QED) is 0.521. The first kappa shape index (κ1) is 14.4. The van der Waals surface area contributed by atoms with E-state index in [1.54, 1.807) is 5.57 Å². The lowest BCUT2D eigenvalue weighted by atomic mass is 10.1. The maximum Gasteiger partial charge on any atom is 0.0384 e. The van der Waals surface area contributed by atoms with Crippen LogP contribution in [0.25, 0.3) is 0 Å². The molecule has 0 unspecified atom stereocenters. The molecule has 0 aromatic carbocycles. The van der Waals surface area contributed by atoms with E-state index in [4.69, 9.17) is 0 Å². The van der Waals surface area contributed by atoms with Crippen LogP contribution in [0, 0.1) is 0 Å². The first-order valence-corrected chi connectivity index (χ1v) is 7.98. The van der Waals surface area contributed by atoms with Gasteiger partial charge in [-0.1, -0.05) is 38.2 Å².